The highest BCUT2D eigenvalue weighted by Gasteiger charge is 2.20. The first-order chi connectivity index (χ1) is 14.6. The van der Waals surface area contributed by atoms with E-state index in [2.05, 4.69) is 9.88 Å². The Morgan fingerprint density at radius 2 is 1.80 bits per heavy atom. The van der Waals surface area contributed by atoms with Gasteiger partial charge >= 0.3 is 0 Å². The Balaban J connectivity index is 1.31. The van der Waals surface area contributed by atoms with Crippen LogP contribution < -0.4 is 4.90 Å². The molecule has 0 N–H and O–H groups in total. The number of aryl methyl sites for hydroxylation is 1. The Labute approximate surface area is 173 Å². The van der Waals surface area contributed by atoms with Crippen LogP contribution in [0.15, 0.2) is 59.1 Å². The second-order valence-corrected chi connectivity index (χ2v) is 7.30. The van der Waals surface area contributed by atoms with Gasteiger partial charge in [0.2, 0.25) is 5.91 Å². The van der Waals surface area contributed by atoms with E-state index < -0.39 is 0 Å². The van der Waals surface area contributed by atoms with Gasteiger partial charge in [-0.15, -0.1) is 0 Å². The van der Waals surface area contributed by atoms with Gasteiger partial charge < -0.3 is 14.2 Å². The zero-order valence-corrected chi connectivity index (χ0v) is 16.6. The summed E-state index contributed by atoms with van der Waals surface area (Å²) in [5.41, 5.74) is 1.32. The molecule has 1 aliphatic heterocycles. The molecule has 1 fully saturated rings. The van der Waals surface area contributed by atoms with Gasteiger partial charge in [0.05, 0.1) is 11.8 Å². The minimum absolute atomic E-state index is 0.0431. The Morgan fingerprint density at radius 1 is 1.00 bits per heavy atom. The summed E-state index contributed by atoms with van der Waals surface area (Å²) in [4.78, 5) is 20.9. The fourth-order valence-electron chi connectivity index (χ4n) is 3.66. The van der Waals surface area contributed by atoms with Gasteiger partial charge in [0, 0.05) is 44.7 Å². The molecule has 0 bridgehead atoms. The van der Waals surface area contributed by atoms with Crippen LogP contribution in [0.1, 0.15) is 18.7 Å². The topological polar surface area (TPSA) is 49.6 Å². The number of anilines is 1. The fraction of sp³-hybridized carbons (Fsp3) is 0.304. The van der Waals surface area contributed by atoms with Gasteiger partial charge in [-0.1, -0.05) is 12.1 Å². The average molecular weight is 411 g/mol. The van der Waals surface area contributed by atoms with Crippen molar-refractivity contribution in [1.29, 1.82) is 0 Å². The zero-order valence-electron chi connectivity index (χ0n) is 16.6. The second-order valence-electron chi connectivity index (χ2n) is 7.30. The van der Waals surface area contributed by atoms with Crippen molar-refractivity contribution in [2.75, 3.05) is 31.1 Å². The fourth-order valence-corrected chi connectivity index (χ4v) is 3.66. The molecule has 1 aromatic heterocycles. The van der Waals surface area contributed by atoms with Crippen molar-refractivity contribution in [2.24, 2.45) is 0 Å². The van der Waals surface area contributed by atoms with Gasteiger partial charge in [-0.25, -0.2) is 13.8 Å². The van der Waals surface area contributed by atoms with Gasteiger partial charge in [0.15, 0.2) is 11.7 Å². The van der Waals surface area contributed by atoms with E-state index >= 15 is 0 Å². The molecule has 4 rings (SSSR count). The molecule has 0 aliphatic carbocycles. The van der Waals surface area contributed by atoms with Crippen LogP contribution in [0.5, 0.6) is 0 Å². The molecule has 7 heteroatoms. The van der Waals surface area contributed by atoms with E-state index in [-0.39, 0.29) is 24.0 Å². The molecule has 0 radical (unpaired) electrons. The van der Waals surface area contributed by atoms with Crippen molar-refractivity contribution in [2.45, 2.75) is 19.3 Å². The van der Waals surface area contributed by atoms with Crippen molar-refractivity contribution in [3.05, 3.63) is 72.3 Å². The molecule has 30 heavy (non-hydrogen) atoms. The van der Waals surface area contributed by atoms with E-state index in [1.165, 1.54) is 24.4 Å². The van der Waals surface area contributed by atoms with E-state index in [1.807, 2.05) is 4.90 Å². The van der Waals surface area contributed by atoms with Crippen LogP contribution in [-0.2, 0) is 11.2 Å². The van der Waals surface area contributed by atoms with E-state index in [0.29, 0.717) is 43.3 Å². The van der Waals surface area contributed by atoms with E-state index in [4.69, 9.17) is 4.42 Å². The number of oxazole rings is 1. The van der Waals surface area contributed by atoms with Gasteiger partial charge in [-0.05, 0) is 42.8 Å². The number of hydrogen-bond acceptors (Lipinski definition) is 4. The molecule has 2 heterocycles. The number of halogens is 2. The Hall–Kier alpha value is -3.22. The predicted molar refractivity (Wildman–Crippen MR) is 110 cm³/mol. The van der Waals surface area contributed by atoms with Gasteiger partial charge in [0.1, 0.15) is 11.6 Å². The van der Waals surface area contributed by atoms with Crippen LogP contribution in [0.25, 0.3) is 11.3 Å². The normalized spacial score (nSPS) is 14.6. The van der Waals surface area contributed by atoms with Gasteiger partial charge in [-0.3, -0.25) is 4.79 Å². The number of aromatic nitrogens is 1. The smallest absolute Gasteiger partial charge is 0.223 e. The molecule has 0 saturated carbocycles. The summed E-state index contributed by atoms with van der Waals surface area (Å²) in [5, 5.41) is 0. The first-order valence-corrected chi connectivity index (χ1v) is 10.1. The maximum absolute atomic E-state index is 13.9. The van der Waals surface area contributed by atoms with Crippen LogP contribution in [0.3, 0.4) is 0 Å². The SMILES string of the molecule is O=C(CCc1ncc(-c2ccccc2F)o1)N1CCCN(c2ccc(F)cc2)CC1. The minimum atomic E-state index is -0.369. The summed E-state index contributed by atoms with van der Waals surface area (Å²) in [6.07, 6.45) is 2.99. The van der Waals surface area contributed by atoms with Crippen molar-refractivity contribution < 1.29 is 18.0 Å². The summed E-state index contributed by atoms with van der Waals surface area (Å²) in [7, 11) is 0. The quantitative estimate of drug-likeness (QED) is 0.629. The number of carbonyl (C=O) groups excluding carboxylic acids is 1. The van der Waals surface area contributed by atoms with E-state index in [9.17, 15) is 13.6 Å². The maximum Gasteiger partial charge on any atom is 0.223 e. The lowest BCUT2D eigenvalue weighted by Crippen LogP contribution is -2.35. The highest BCUT2D eigenvalue weighted by atomic mass is 19.1. The minimum Gasteiger partial charge on any atom is -0.441 e. The number of amides is 1. The highest BCUT2D eigenvalue weighted by Crippen LogP contribution is 2.24. The average Bonchev–Trinajstić information content (AvgIpc) is 3.08. The molecule has 156 valence electrons. The predicted octanol–water partition coefficient (Wildman–Crippen LogP) is 4.29. The first kappa shape index (κ1) is 20.1. The zero-order chi connectivity index (χ0) is 20.9. The molecule has 1 aliphatic rings. The van der Waals surface area contributed by atoms with Crippen LogP contribution >= 0.6 is 0 Å². The molecule has 0 atom stereocenters. The summed E-state index contributed by atoms with van der Waals surface area (Å²) in [5.74, 6) is 0.202. The van der Waals surface area contributed by atoms with Crippen molar-refractivity contribution >= 4 is 11.6 Å². The molecular formula is C23H23F2N3O2. The maximum atomic E-state index is 13.9. The first-order valence-electron chi connectivity index (χ1n) is 10.1. The number of nitrogens with zero attached hydrogens (tertiary/aromatic N) is 3. The lowest BCUT2D eigenvalue weighted by atomic mass is 10.2. The molecule has 0 unspecified atom stereocenters. The number of carbonyl (C=O) groups is 1. The Bertz CT molecular complexity index is 1000. The number of hydrogen-bond donors (Lipinski definition) is 0. The molecule has 2 aromatic carbocycles. The molecule has 3 aromatic rings. The van der Waals surface area contributed by atoms with E-state index in [0.717, 1.165) is 18.7 Å². The van der Waals surface area contributed by atoms with Gasteiger partial charge in [0.25, 0.3) is 0 Å². The largest absolute Gasteiger partial charge is 0.441 e. The Kier molecular flexibility index (Phi) is 6.07. The standard InChI is InChI=1S/C23H23F2N3O2/c24-17-6-8-18(9-7-17)27-12-3-13-28(15-14-27)23(29)11-10-22-26-16-21(30-22)19-4-1-2-5-20(19)25/h1-2,4-9,16H,3,10-15H2. The summed E-state index contributed by atoms with van der Waals surface area (Å²) >= 11 is 0. The third kappa shape index (κ3) is 4.67. The summed E-state index contributed by atoms with van der Waals surface area (Å²) in [6, 6.07) is 12.8. The molecule has 0 spiro atoms. The summed E-state index contributed by atoms with van der Waals surface area (Å²) in [6.45, 7) is 2.82. The third-order valence-electron chi connectivity index (χ3n) is 5.29. The molecule has 1 saturated heterocycles. The Morgan fingerprint density at radius 3 is 2.60 bits per heavy atom. The van der Waals surface area contributed by atoms with Gasteiger partial charge in [-0.2, -0.15) is 0 Å². The van der Waals surface area contributed by atoms with E-state index in [1.54, 1.807) is 30.3 Å². The second kappa shape index (κ2) is 9.07. The molecular weight excluding hydrogens is 388 g/mol. The molecule has 5 nitrogen and oxygen atoms in total. The number of rotatable bonds is 5. The van der Waals surface area contributed by atoms with Crippen LogP contribution in [-0.4, -0.2) is 42.0 Å². The lowest BCUT2D eigenvalue weighted by molar-refractivity contribution is -0.131. The lowest BCUT2D eigenvalue weighted by Gasteiger charge is -2.23. The van der Waals surface area contributed by atoms with Crippen LogP contribution in [0.4, 0.5) is 14.5 Å². The highest BCUT2D eigenvalue weighted by molar-refractivity contribution is 5.76. The van der Waals surface area contributed by atoms with Crippen molar-refractivity contribution in [3.63, 3.8) is 0 Å². The van der Waals surface area contributed by atoms with Crippen LogP contribution in [0, 0.1) is 11.6 Å². The molecule has 1 amide bonds. The number of benzene rings is 2. The van der Waals surface area contributed by atoms with Crippen LogP contribution in [0.2, 0.25) is 0 Å². The summed E-state index contributed by atoms with van der Waals surface area (Å²) < 4.78 is 32.7. The van der Waals surface area contributed by atoms with Crippen molar-refractivity contribution in [1.82, 2.24) is 9.88 Å². The monoisotopic (exact) mass is 411 g/mol. The third-order valence-corrected chi connectivity index (χ3v) is 5.29. The van der Waals surface area contributed by atoms with Crippen molar-refractivity contribution in [3.8, 4) is 11.3 Å².